The Morgan fingerprint density at radius 3 is 1.11 bits per heavy atom. The molecular weight excluding hydrogens is 378 g/mol. The molecule has 0 aliphatic rings. The monoisotopic (exact) mass is 402 g/mol. The van der Waals surface area contributed by atoms with E-state index in [0.29, 0.717) is 0 Å². The van der Waals surface area contributed by atoms with Gasteiger partial charge >= 0.3 is 0 Å². The van der Waals surface area contributed by atoms with Crippen LogP contribution in [0.3, 0.4) is 0 Å². The van der Waals surface area contributed by atoms with Crippen molar-refractivity contribution in [1.29, 1.82) is 0 Å². The van der Waals surface area contributed by atoms with Crippen LogP contribution in [0.2, 0.25) is 0 Å². The summed E-state index contributed by atoms with van der Waals surface area (Å²) in [6, 6.07) is 40.4. The normalized spacial score (nSPS) is 10.6. The fourth-order valence-corrected chi connectivity index (χ4v) is 5.62. The molecule has 4 aromatic carbocycles. The van der Waals surface area contributed by atoms with Crippen LogP contribution in [0.25, 0.3) is 0 Å². The lowest BCUT2D eigenvalue weighted by Gasteiger charge is -2.13. The van der Waals surface area contributed by atoms with Gasteiger partial charge in [0, 0.05) is 10.6 Å². The molecule has 0 atom stereocenters. The Balaban J connectivity index is 0.000000162. The molecule has 0 bridgehead atoms. The van der Waals surface area contributed by atoms with Crippen LogP contribution in [0.15, 0.2) is 121 Å². The minimum Gasteiger partial charge on any atom is -0.314 e. The van der Waals surface area contributed by atoms with Crippen LogP contribution in [0.4, 0.5) is 0 Å². The Morgan fingerprint density at radius 2 is 0.786 bits per heavy atom. The van der Waals surface area contributed by atoms with Gasteiger partial charge in [-0.05, 0) is 17.3 Å². The standard InChI is InChI=1S/C13H13OP.C12H11P/c1-15(14,12-8-4-2-5-9-12)13-10-6-3-7-11-13;1-3-7-11(8-4-1)13-12-9-5-2-6-10-12/h2-11H,1H3;1-10,13H. The van der Waals surface area contributed by atoms with E-state index in [9.17, 15) is 4.57 Å². The van der Waals surface area contributed by atoms with E-state index in [-0.39, 0.29) is 0 Å². The fourth-order valence-electron chi connectivity index (χ4n) is 2.78. The topological polar surface area (TPSA) is 17.1 Å². The maximum atomic E-state index is 12.6. The predicted molar refractivity (Wildman–Crippen MR) is 126 cm³/mol. The Hall–Kier alpha value is -2.46. The maximum Gasteiger partial charge on any atom is 0.140 e. The third kappa shape index (κ3) is 5.77. The molecule has 4 rings (SSSR count). The molecule has 140 valence electrons. The number of benzene rings is 4. The van der Waals surface area contributed by atoms with Crippen LogP contribution in [-0.2, 0) is 4.57 Å². The molecule has 0 saturated carbocycles. The minimum atomic E-state index is -2.40. The van der Waals surface area contributed by atoms with Gasteiger partial charge < -0.3 is 4.57 Å². The maximum absolute atomic E-state index is 12.6. The summed E-state index contributed by atoms with van der Waals surface area (Å²) in [6.07, 6.45) is 0. The van der Waals surface area contributed by atoms with Crippen molar-refractivity contribution < 1.29 is 4.57 Å². The molecule has 1 nitrogen and oxygen atoms in total. The van der Waals surface area contributed by atoms with E-state index < -0.39 is 7.14 Å². The lowest BCUT2D eigenvalue weighted by atomic mass is 10.4. The molecule has 0 radical (unpaired) electrons. The first-order chi connectivity index (χ1) is 13.7. The minimum absolute atomic E-state index is 0.777. The van der Waals surface area contributed by atoms with Gasteiger partial charge in [-0.15, -0.1) is 0 Å². The highest BCUT2D eigenvalue weighted by atomic mass is 31.2. The molecule has 0 aromatic heterocycles. The average molecular weight is 402 g/mol. The van der Waals surface area contributed by atoms with Gasteiger partial charge in [-0.1, -0.05) is 130 Å². The van der Waals surface area contributed by atoms with Crippen molar-refractivity contribution in [2.75, 3.05) is 6.66 Å². The Bertz CT molecular complexity index is 920. The van der Waals surface area contributed by atoms with Gasteiger partial charge in [0.25, 0.3) is 0 Å². The highest BCUT2D eigenvalue weighted by molar-refractivity contribution is 7.78. The van der Waals surface area contributed by atoms with E-state index in [4.69, 9.17) is 0 Å². The van der Waals surface area contributed by atoms with E-state index >= 15 is 0 Å². The van der Waals surface area contributed by atoms with Crippen molar-refractivity contribution >= 4 is 36.9 Å². The second kappa shape index (κ2) is 10.2. The highest BCUT2D eigenvalue weighted by Crippen LogP contribution is 2.38. The van der Waals surface area contributed by atoms with Gasteiger partial charge in [0.05, 0.1) is 0 Å². The largest absolute Gasteiger partial charge is 0.314 e. The summed E-state index contributed by atoms with van der Waals surface area (Å²) in [4.78, 5) is 0. The third-order valence-corrected chi connectivity index (χ3v) is 8.15. The van der Waals surface area contributed by atoms with Crippen molar-refractivity contribution in [2.24, 2.45) is 0 Å². The van der Waals surface area contributed by atoms with Crippen molar-refractivity contribution in [3.05, 3.63) is 121 Å². The van der Waals surface area contributed by atoms with E-state index in [1.807, 2.05) is 67.3 Å². The van der Waals surface area contributed by atoms with Crippen molar-refractivity contribution in [3.63, 3.8) is 0 Å². The summed E-state index contributed by atoms with van der Waals surface area (Å²) in [6.45, 7) is 1.82. The van der Waals surface area contributed by atoms with Gasteiger partial charge in [-0.25, -0.2) is 0 Å². The summed E-state index contributed by atoms with van der Waals surface area (Å²) in [5, 5.41) is 4.62. The highest BCUT2D eigenvalue weighted by Gasteiger charge is 2.19. The summed E-state index contributed by atoms with van der Waals surface area (Å²) in [5.74, 6) is 0. The number of hydrogen-bond donors (Lipinski definition) is 0. The zero-order valence-electron chi connectivity index (χ0n) is 15.9. The molecule has 0 heterocycles. The summed E-state index contributed by atoms with van der Waals surface area (Å²) in [5.41, 5.74) is 0. The van der Waals surface area contributed by atoms with Gasteiger partial charge in [0.2, 0.25) is 0 Å². The van der Waals surface area contributed by atoms with Gasteiger partial charge in [0.15, 0.2) is 0 Å². The zero-order valence-corrected chi connectivity index (χ0v) is 17.8. The lowest BCUT2D eigenvalue weighted by molar-refractivity contribution is 0.590. The van der Waals surface area contributed by atoms with Gasteiger partial charge in [0.1, 0.15) is 7.14 Å². The van der Waals surface area contributed by atoms with E-state index in [1.165, 1.54) is 10.6 Å². The molecule has 0 aliphatic carbocycles. The molecule has 4 aromatic rings. The first-order valence-corrected chi connectivity index (χ1v) is 12.4. The Kier molecular flexibility index (Phi) is 7.38. The van der Waals surface area contributed by atoms with Crippen LogP contribution >= 0.6 is 15.7 Å². The second-order valence-electron chi connectivity index (χ2n) is 6.45. The molecule has 0 fully saturated rings. The third-order valence-electron chi connectivity index (χ3n) is 4.33. The SMILES string of the molecule is CP(=O)(c1ccccc1)c1ccccc1.c1ccc(Pc2ccccc2)cc1. The van der Waals surface area contributed by atoms with Crippen LogP contribution in [0, 0.1) is 0 Å². The first-order valence-electron chi connectivity index (χ1n) is 9.22. The molecular formula is C25H24OP2. The molecule has 0 amide bonds. The van der Waals surface area contributed by atoms with E-state index in [0.717, 1.165) is 19.2 Å². The number of rotatable bonds is 4. The summed E-state index contributed by atoms with van der Waals surface area (Å²) >= 11 is 0. The van der Waals surface area contributed by atoms with E-state index in [1.54, 1.807) is 0 Å². The molecule has 0 aliphatic heterocycles. The smallest absolute Gasteiger partial charge is 0.140 e. The molecule has 3 heteroatoms. The average Bonchev–Trinajstić information content (AvgIpc) is 2.77. The molecule has 0 saturated heterocycles. The second-order valence-corrected chi connectivity index (χ2v) is 10.7. The Morgan fingerprint density at radius 1 is 0.500 bits per heavy atom. The van der Waals surface area contributed by atoms with Crippen molar-refractivity contribution in [2.45, 2.75) is 0 Å². The van der Waals surface area contributed by atoms with E-state index in [2.05, 4.69) is 60.7 Å². The fraction of sp³-hybridized carbons (Fsp3) is 0.0400. The van der Waals surface area contributed by atoms with Crippen LogP contribution in [-0.4, -0.2) is 6.66 Å². The summed E-state index contributed by atoms with van der Waals surface area (Å²) in [7, 11) is -1.62. The zero-order chi connectivity index (χ0) is 19.7. The lowest BCUT2D eigenvalue weighted by Crippen LogP contribution is -2.14. The number of hydrogen-bond acceptors (Lipinski definition) is 1. The molecule has 28 heavy (non-hydrogen) atoms. The van der Waals surface area contributed by atoms with Crippen LogP contribution < -0.4 is 21.2 Å². The molecule has 0 unspecified atom stereocenters. The van der Waals surface area contributed by atoms with Crippen molar-refractivity contribution in [1.82, 2.24) is 0 Å². The first kappa shape index (κ1) is 20.3. The van der Waals surface area contributed by atoms with Gasteiger partial charge in [-0.3, -0.25) is 0 Å². The van der Waals surface area contributed by atoms with Crippen LogP contribution in [0.5, 0.6) is 0 Å². The van der Waals surface area contributed by atoms with Crippen molar-refractivity contribution in [3.8, 4) is 0 Å². The molecule has 0 N–H and O–H groups in total. The molecule has 0 spiro atoms. The predicted octanol–water partition coefficient (Wildman–Crippen LogP) is 4.95. The summed E-state index contributed by atoms with van der Waals surface area (Å²) < 4.78 is 12.6. The van der Waals surface area contributed by atoms with Gasteiger partial charge in [-0.2, -0.15) is 0 Å². The van der Waals surface area contributed by atoms with Crippen LogP contribution in [0.1, 0.15) is 0 Å². The Labute approximate surface area is 169 Å². The quantitative estimate of drug-likeness (QED) is 0.442.